The number of hydrogen-bond donors (Lipinski definition) is 0. The van der Waals surface area contributed by atoms with Gasteiger partial charge in [-0.2, -0.15) is 4.80 Å². The number of ether oxygens (including phenoxy) is 1. The Labute approximate surface area is 179 Å². The highest BCUT2D eigenvalue weighted by Gasteiger charge is 2.29. The fourth-order valence-corrected chi connectivity index (χ4v) is 3.86. The van der Waals surface area contributed by atoms with Crippen LogP contribution in [-0.2, 0) is 24.7 Å². The minimum absolute atomic E-state index is 0.210. The zero-order valence-corrected chi connectivity index (χ0v) is 17.7. The maximum atomic E-state index is 12.3. The lowest BCUT2D eigenvalue weighted by Gasteiger charge is -2.11. The largest absolute Gasteiger partial charge is 0.495 e. The number of fused-ring (bicyclic) bond motifs is 1. The number of Topliss-reactive ketones (excluding diaryl/α,β-unsaturated/α-hetero) is 1. The summed E-state index contributed by atoms with van der Waals surface area (Å²) in [6.07, 6.45) is 6.84. The lowest BCUT2D eigenvalue weighted by atomic mass is 10.1. The van der Waals surface area contributed by atoms with Crippen molar-refractivity contribution in [3.05, 3.63) is 42.0 Å². The van der Waals surface area contributed by atoms with Gasteiger partial charge in [-0.15, -0.1) is 10.2 Å². The van der Waals surface area contributed by atoms with E-state index in [9.17, 15) is 4.79 Å². The first kappa shape index (κ1) is 19.3. The second-order valence-electron chi connectivity index (χ2n) is 7.78. The first-order valence-electron chi connectivity index (χ1n) is 10.4. The molecule has 9 nitrogen and oxygen atoms in total. The molecule has 5 rings (SSSR count). The molecule has 1 aliphatic carbocycles. The second-order valence-corrected chi connectivity index (χ2v) is 7.78. The van der Waals surface area contributed by atoms with E-state index in [1.165, 1.54) is 4.80 Å². The van der Waals surface area contributed by atoms with Gasteiger partial charge in [0, 0.05) is 12.1 Å². The second kappa shape index (κ2) is 7.57. The van der Waals surface area contributed by atoms with Crippen LogP contribution in [0.3, 0.4) is 0 Å². The average Bonchev–Trinajstić information content (AvgIpc) is 3.45. The summed E-state index contributed by atoms with van der Waals surface area (Å²) in [7, 11) is 3.34. The SMILES string of the molecule is CCc1nc(-c2cccc(-c3nnn(C)n3)c2OC)n2cc(CC(=O)C3CC3)ncc12. The van der Waals surface area contributed by atoms with Crippen LogP contribution in [0.15, 0.2) is 30.6 Å². The van der Waals surface area contributed by atoms with Gasteiger partial charge in [-0.25, -0.2) is 4.98 Å². The number of carbonyl (C=O) groups excluding carboxylic acids is 1. The standard InChI is InChI=1S/C22H23N7O2/c1-4-17-18-11-23-14(10-19(30)13-8-9-13)12-29(18)22(24-17)16-7-5-6-15(20(16)31-3)21-25-27-28(2)26-21/h5-7,11-13H,4,8-10H2,1-3H3. The number of nitrogens with zero attached hydrogens (tertiary/aromatic N) is 7. The van der Waals surface area contributed by atoms with Crippen LogP contribution in [0.1, 0.15) is 31.2 Å². The topological polar surface area (TPSA) is 100 Å². The maximum Gasteiger partial charge on any atom is 0.208 e. The highest BCUT2D eigenvalue weighted by molar-refractivity contribution is 5.85. The van der Waals surface area contributed by atoms with E-state index in [0.717, 1.165) is 53.1 Å². The molecule has 0 saturated heterocycles. The maximum absolute atomic E-state index is 12.3. The molecule has 1 aromatic carbocycles. The molecule has 0 spiro atoms. The van der Waals surface area contributed by atoms with E-state index in [4.69, 9.17) is 9.72 Å². The van der Waals surface area contributed by atoms with Crippen molar-refractivity contribution in [1.82, 2.24) is 34.6 Å². The number of ketones is 1. The fraction of sp³-hybridized carbons (Fsp3) is 0.364. The molecule has 9 heteroatoms. The number of imidazole rings is 1. The van der Waals surface area contributed by atoms with Crippen LogP contribution in [0.25, 0.3) is 28.3 Å². The summed E-state index contributed by atoms with van der Waals surface area (Å²) < 4.78 is 7.79. The monoisotopic (exact) mass is 417 g/mol. The predicted octanol–water partition coefficient (Wildman–Crippen LogP) is 2.68. The molecule has 0 radical (unpaired) electrons. The van der Waals surface area contributed by atoms with E-state index >= 15 is 0 Å². The van der Waals surface area contributed by atoms with Crippen molar-refractivity contribution in [3.63, 3.8) is 0 Å². The van der Waals surface area contributed by atoms with Crippen molar-refractivity contribution in [2.24, 2.45) is 13.0 Å². The summed E-state index contributed by atoms with van der Waals surface area (Å²) in [6.45, 7) is 2.06. The number of methoxy groups -OCH3 is 1. The summed E-state index contributed by atoms with van der Waals surface area (Å²) >= 11 is 0. The summed E-state index contributed by atoms with van der Waals surface area (Å²) in [5.41, 5.74) is 4.16. The molecular formula is C22H23N7O2. The molecule has 0 atom stereocenters. The van der Waals surface area contributed by atoms with Crippen molar-refractivity contribution in [1.29, 1.82) is 0 Å². The van der Waals surface area contributed by atoms with Gasteiger partial charge in [-0.1, -0.05) is 13.0 Å². The van der Waals surface area contributed by atoms with E-state index in [2.05, 4.69) is 27.3 Å². The molecule has 3 aromatic heterocycles. The minimum atomic E-state index is 0.210. The molecule has 0 N–H and O–H groups in total. The molecule has 1 aliphatic rings. The first-order valence-corrected chi connectivity index (χ1v) is 10.4. The van der Waals surface area contributed by atoms with Crippen LogP contribution in [0.5, 0.6) is 5.75 Å². The Morgan fingerprint density at radius 1 is 1.26 bits per heavy atom. The number of carbonyl (C=O) groups is 1. The summed E-state index contributed by atoms with van der Waals surface area (Å²) in [5.74, 6) is 2.31. The number of aromatic nitrogens is 7. The van der Waals surface area contributed by atoms with Crippen molar-refractivity contribution in [2.75, 3.05) is 7.11 Å². The van der Waals surface area contributed by atoms with E-state index in [1.54, 1.807) is 14.2 Å². The Hall–Kier alpha value is -3.62. The molecule has 0 aliphatic heterocycles. The smallest absolute Gasteiger partial charge is 0.208 e. The lowest BCUT2D eigenvalue weighted by molar-refractivity contribution is -0.119. The summed E-state index contributed by atoms with van der Waals surface area (Å²) in [6, 6.07) is 5.79. The molecule has 0 unspecified atom stereocenters. The number of hydrogen-bond acceptors (Lipinski definition) is 7. The van der Waals surface area contributed by atoms with Gasteiger partial charge in [0.15, 0.2) is 0 Å². The van der Waals surface area contributed by atoms with Gasteiger partial charge in [0.05, 0.1) is 54.8 Å². The van der Waals surface area contributed by atoms with Gasteiger partial charge in [0.1, 0.15) is 17.4 Å². The van der Waals surface area contributed by atoms with Crippen LogP contribution in [-0.4, -0.2) is 47.5 Å². The Morgan fingerprint density at radius 2 is 2.06 bits per heavy atom. The quantitative estimate of drug-likeness (QED) is 0.456. The van der Waals surface area contributed by atoms with E-state index in [0.29, 0.717) is 18.0 Å². The lowest BCUT2D eigenvalue weighted by Crippen LogP contribution is -2.07. The number of aryl methyl sites for hydroxylation is 2. The van der Waals surface area contributed by atoms with Crippen molar-refractivity contribution in [2.45, 2.75) is 32.6 Å². The predicted molar refractivity (Wildman–Crippen MR) is 114 cm³/mol. The van der Waals surface area contributed by atoms with Crippen molar-refractivity contribution in [3.8, 4) is 28.5 Å². The van der Waals surface area contributed by atoms with Gasteiger partial charge in [-0.05, 0) is 36.6 Å². The van der Waals surface area contributed by atoms with E-state index in [-0.39, 0.29) is 11.7 Å². The van der Waals surface area contributed by atoms with Crippen molar-refractivity contribution >= 4 is 11.3 Å². The Kier molecular flexibility index (Phi) is 4.72. The summed E-state index contributed by atoms with van der Waals surface area (Å²) in [5, 5.41) is 12.4. The molecule has 0 amide bonds. The van der Waals surface area contributed by atoms with Crippen LogP contribution in [0.4, 0.5) is 0 Å². The van der Waals surface area contributed by atoms with Crippen LogP contribution < -0.4 is 4.74 Å². The number of benzene rings is 1. The van der Waals surface area contributed by atoms with E-state index < -0.39 is 0 Å². The highest BCUT2D eigenvalue weighted by Crippen LogP contribution is 2.38. The van der Waals surface area contributed by atoms with E-state index in [1.807, 2.05) is 35.0 Å². The molecule has 1 saturated carbocycles. The number of rotatable bonds is 7. The normalized spacial score (nSPS) is 13.6. The zero-order chi connectivity index (χ0) is 21.5. The first-order chi connectivity index (χ1) is 15.1. The Bertz CT molecular complexity index is 1290. The third-order valence-electron chi connectivity index (χ3n) is 5.59. The van der Waals surface area contributed by atoms with Gasteiger partial charge < -0.3 is 4.74 Å². The van der Waals surface area contributed by atoms with Gasteiger partial charge in [0.2, 0.25) is 5.82 Å². The molecule has 1 fully saturated rings. The van der Waals surface area contributed by atoms with Gasteiger partial charge >= 0.3 is 0 Å². The van der Waals surface area contributed by atoms with Crippen molar-refractivity contribution < 1.29 is 9.53 Å². The molecular weight excluding hydrogens is 394 g/mol. The van der Waals surface area contributed by atoms with Gasteiger partial charge in [-0.3, -0.25) is 14.2 Å². The van der Waals surface area contributed by atoms with Crippen LogP contribution in [0.2, 0.25) is 0 Å². The number of tetrazole rings is 1. The zero-order valence-electron chi connectivity index (χ0n) is 17.7. The number of para-hydroxylation sites is 1. The minimum Gasteiger partial charge on any atom is -0.495 e. The molecule has 158 valence electrons. The van der Waals surface area contributed by atoms with Crippen LogP contribution >= 0.6 is 0 Å². The van der Waals surface area contributed by atoms with Gasteiger partial charge in [0.25, 0.3) is 0 Å². The fourth-order valence-electron chi connectivity index (χ4n) is 3.86. The molecule has 31 heavy (non-hydrogen) atoms. The Morgan fingerprint density at radius 3 is 2.74 bits per heavy atom. The molecule has 0 bridgehead atoms. The third-order valence-corrected chi connectivity index (χ3v) is 5.59. The molecule has 3 heterocycles. The average molecular weight is 417 g/mol. The summed E-state index contributed by atoms with van der Waals surface area (Å²) in [4.78, 5) is 23.2. The van der Waals surface area contributed by atoms with Crippen LogP contribution in [0, 0.1) is 5.92 Å². The Balaban J connectivity index is 1.66. The highest BCUT2D eigenvalue weighted by atomic mass is 16.5. The third kappa shape index (κ3) is 3.45. The molecule has 4 aromatic rings.